The lowest BCUT2D eigenvalue weighted by atomic mass is 10.2. The molecular formula is C18H23FN6O. The van der Waals surface area contributed by atoms with E-state index < -0.39 is 0 Å². The molecule has 0 saturated carbocycles. The van der Waals surface area contributed by atoms with Crippen molar-refractivity contribution in [3.63, 3.8) is 0 Å². The lowest BCUT2D eigenvalue weighted by Gasteiger charge is -2.29. The molecule has 0 amide bonds. The van der Waals surface area contributed by atoms with Crippen molar-refractivity contribution in [1.82, 2.24) is 15.0 Å². The van der Waals surface area contributed by atoms with Crippen LogP contribution >= 0.6 is 0 Å². The Morgan fingerprint density at radius 3 is 2.77 bits per heavy atom. The van der Waals surface area contributed by atoms with Gasteiger partial charge in [0.25, 0.3) is 0 Å². The molecule has 2 aliphatic rings. The summed E-state index contributed by atoms with van der Waals surface area (Å²) in [6, 6.07) is 5.25. The zero-order valence-corrected chi connectivity index (χ0v) is 14.9. The molecule has 0 aromatic carbocycles. The summed E-state index contributed by atoms with van der Waals surface area (Å²) in [6.45, 7) is 4.53. The van der Waals surface area contributed by atoms with Crippen molar-refractivity contribution in [1.29, 1.82) is 0 Å². The summed E-state index contributed by atoms with van der Waals surface area (Å²) >= 11 is 0. The minimum Gasteiger partial charge on any atom is -0.378 e. The van der Waals surface area contributed by atoms with E-state index in [9.17, 15) is 4.39 Å². The second kappa shape index (κ2) is 7.41. The van der Waals surface area contributed by atoms with Crippen LogP contribution in [-0.4, -0.2) is 67.4 Å². The maximum atomic E-state index is 14.0. The number of ether oxygens (including phenoxy) is 1. The van der Waals surface area contributed by atoms with E-state index in [1.807, 2.05) is 18.0 Å². The molecule has 2 saturated heterocycles. The molecule has 7 nitrogen and oxygen atoms in total. The smallest absolute Gasteiger partial charge is 0.227 e. The number of aromatic nitrogens is 3. The molecule has 0 radical (unpaired) electrons. The maximum absolute atomic E-state index is 14.0. The van der Waals surface area contributed by atoms with Gasteiger partial charge in [-0.1, -0.05) is 0 Å². The molecule has 0 aliphatic carbocycles. The van der Waals surface area contributed by atoms with Crippen molar-refractivity contribution < 1.29 is 9.13 Å². The molecule has 8 heteroatoms. The molecule has 1 unspecified atom stereocenters. The number of morpholine rings is 1. The van der Waals surface area contributed by atoms with E-state index in [0.29, 0.717) is 19.0 Å². The Balaban J connectivity index is 1.46. The predicted molar refractivity (Wildman–Crippen MR) is 98.3 cm³/mol. The first-order valence-corrected chi connectivity index (χ1v) is 8.96. The molecular weight excluding hydrogens is 335 g/mol. The number of hydrogen-bond acceptors (Lipinski definition) is 7. The highest BCUT2D eigenvalue weighted by Gasteiger charge is 2.29. The molecule has 26 heavy (non-hydrogen) atoms. The molecule has 0 N–H and O–H groups in total. The normalized spacial score (nSPS) is 20.5. The molecule has 4 rings (SSSR count). The minimum absolute atomic E-state index is 0.254. The maximum Gasteiger partial charge on any atom is 0.227 e. The lowest BCUT2D eigenvalue weighted by molar-refractivity contribution is 0.122. The Morgan fingerprint density at radius 2 is 1.96 bits per heavy atom. The van der Waals surface area contributed by atoms with Crippen LogP contribution in [-0.2, 0) is 4.74 Å². The molecule has 138 valence electrons. The van der Waals surface area contributed by atoms with Gasteiger partial charge in [-0.3, -0.25) is 0 Å². The van der Waals surface area contributed by atoms with E-state index in [1.165, 1.54) is 6.07 Å². The van der Waals surface area contributed by atoms with Crippen LogP contribution in [0, 0.1) is 5.82 Å². The summed E-state index contributed by atoms with van der Waals surface area (Å²) in [7, 11) is 2.04. The highest BCUT2D eigenvalue weighted by molar-refractivity contribution is 5.47. The molecule has 2 aromatic rings. The first kappa shape index (κ1) is 17.0. The second-order valence-corrected chi connectivity index (χ2v) is 6.62. The SMILES string of the molecule is CN(c1ccnc(N2CCOCC2)n1)C1CCN(c2ncccc2F)C1. The van der Waals surface area contributed by atoms with Gasteiger partial charge in [-0.25, -0.2) is 14.4 Å². The Labute approximate surface area is 152 Å². The van der Waals surface area contributed by atoms with E-state index in [2.05, 4.69) is 19.8 Å². The van der Waals surface area contributed by atoms with Crippen molar-refractivity contribution in [3.05, 3.63) is 36.4 Å². The van der Waals surface area contributed by atoms with E-state index in [0.717, 1.165) is 44.4 Å². The molecule has 2 aromatic heterocycles. The summed E-state index contributed by atoms with van der Waals surface area (Å²) in [5, 5.41) is 0. The zero-order chi connectivity index (χ0) is 17.9. The average molecular weight is 358 g/mol. The number of likely N-dealkylation sites (N-methyl/N-ethyl adjacent to an activating group) is 1. The summed E-state index contributed by atoms with van der Waals surface area (Å²) < 4.78 is 19.4. The van der Waals surface area contributed by atoms with Crippen molar-refractivity contribution in [2.45, 2.75) is 12.5 Å². The minimum atomic E-state index is -0.271. The third-order valence-electron chi connectivity index (χ3n) is 5.03. The van der Waals surface area contributed by atoms with E-state index in [1.54, 1.807) is 18.5 Å². The van der Waals surface area contributed by atoms with E-state index >= 15 is 0 Å². The van der Waals surface area contributed by atoms with Gasteiger partial charge in [0, 0.05) is 51.7 Å². The van der Waals surface area contributed by atoms with Gasteiger partial charge in [0.2, 0.25) is 5.95 Å². The van der Waals surface area contributed by atoms with Crippen LogP contribution in [0.1, 0.15) is 6.42 Å². The fourth-order valence-electron chi connectivity index (χ4n) is 3.50. The highest BCUT2D eigenvalue weighted by Crippen LogP contribution is 2.25. The van der Waals surface area contributed by atoms with Crippen LogP contribution in [0.3, 0.4) is 0 Å². The first-order chi connectivity index (χ1) is 12.7. The number of anilines is 3. The van der Waals surface area contributed by atoms with Gasteiger partial charge in [0.15, 0.2) is 11.6 Å². The summed E-state index contributed by atoms with van der Waals surface area (Å²) in [4.78, 5) is 19.6. The number of pyridine rings is 1. The molecule has 2 aliphatic heterocycles. The second-order valence-electron chi connectivity index (χ2n) is 6.62. The van der Waals surface area contributed by atoms with Crippen LogP contribution in [0.2, 0.25) is 0 Å². The van der Waals surface area contributed by atoms with Crippen molar-refractivity contribution in [2.24, 2.45) is 0 Å². The third kappa shape index (κ3) is 3.41. The van der Waals surface area contributed by atoms with Crippen molar-refractivity contribution in [3.8, 4) is 0 Å². The van der Waals surface area contributed by atoms with Crippen molar-refractivity contribution in [2.75, 3.05) is 61.1 Å². The highest BCUT2D eigenvalue weighted by atomic mass is 19.1. The van der Waals surface area contributed by atoms with Gasteiger partial charge in [0.1, 0.15) is 5.82 Å². The molecule has 0 bridgehead atoms. The van der Waals surface area contributed by atoms with Crippen LogP contribution < -0.4 is 14.7 Å². The lowest BCUT2D eigenvalue weighted by Crippen LogP contribution is -2.38. The predicted octanol–water partition coefficient (Wildman–Crippen LogP) is 1.56. The van der Waals surface area contributed by atoms with Gasteiger partial charge >= 0.3 is 0 Å². The molecule has 1 atom stereocenters. The Kier molecular flexibility index (Phi) is 4.83. The molecule has 2 fully saturated rings. The third-order valence-corrected chi connectivity index (χ3v) is 5.03. The first-order valence-electron chi connectivity index (χ1n) is 8.96. The van der Waals surface area contributed by atoms with Crippen LogP contribution in [0.4, 0.5) is 22.0 Å². The summed E-state index contributed by atoms with van der Waals surface area (Å²) in [6.07, 6.45) is 4.37. The number of hydrogen-bond donors (Lipinski definition) is 0. The molecule has 0 spiro atoms. The van der Waals surface area contributed by atoms with Gasteiger partial charge in [-0.15, -0.1) is 0 Å². The summed E-state index contributed by atoms with van der Waals surface area (Å²) in [5.74, 6) is 1.78. The quantitative estimate of drug-likeness (QED) is 0.822. The largest absolute Gasteiger partial charge is 0.378 e. The van der Waals surface area contributed by atoms with E-state index in [4.69, 9.17) is 9.72 Å². The Bertz CT molecular complexity index is 754. The topological polar surface area (TPSA) is 57.6 Å². The summed E-state index contributed by atoms with van der Waals surface area (Å²) in [5.41, 5.74) is 0. The van der Waals surface area contributed by atoms with Gasteiger partial charge in [0.05, 0.1) is 13.2 Å². The number of nitrogens with zero attached hydrogens (tertiary/aromatic N) is 6. The van der Waals surface area contributed by atoms with Crippen LogP contribution in [0.25, 0.3) is 0 Å². The zero-order valence-electron chi connectivity index (χ0n) is 14.9. The number of halogens is 1. The Hall–Kier alpha value is -2.48. The average Bonchev–Trinajstić information content (AvgIpc) is 3.18. The van der Waals surface area contributed by atoms with E-state index in [-0.39, 0.29) is 11.9 Å². The van der Waals surface area contributed by atoms with Crippen molar-refractivity contribution >= 4 is 17.6 Å². The molecule has 4 heterocycles. The fraction of sp³-hybridized carbons (Fsp3) is 0.500. The standard InChI is InChI=1S/C18H23FN6O/c1-23(14-5-8-25(13-14)17-15(19)3-2-6-20-17)16-4-7-21-18(22-16)24-9-11-26-12-10-24/h2-4,6-7,14H,5,8-13H2,1H3. The van der Waals surface area contributed by atoms with Crippen LogP contribution in [0.15, 0.2) is 30.6 Å². The van der Waals surface area contributed by atoms with Crippen LogP contribution in [0.5, 0.6) is 0 Å². The fourth-order valence-corrected chi connectivity index (χ4v) is 3.50. The monoisotopic (exact) mass is 358 g/mol. The Morgan fingerprint density at radius 1 is 1.12 bits per heavy atom. The van der Waals surface area contributed by atoms with Gasteiger partial charge in [-0.05, 0) is 24.6 Å². The number of rotatable bonds is 4. The van der Waals surface area contributed by atoms with Gasteiger partial charge in [-0.2, -0.15) is 4.98 Å². The van der Waals surface area contributed by atoms with Gasteiger partial charge < -0.3 is 19.4 Å².